The minimum absolute atomic E-state index is 0. The Hall–Kier alpha value is 0.399. The van der Waals surface area contributed by atoms with Gasteiger partial charge in [0.05, 0.1) is 0 Å². The first-order valence-corrected chi connectivity index (χ1v) is 4.57. The van der Waals surface area contributed by atoms with E-state index in [1.807, 2.05) is 6.92 Å². The first-order chi connectivity index (χ1) is 5.27. The molecular formula is C9H21CuN3. The molecule has 0 saturated heterocycles. The fourth-order valence-electron chi connectivity index (χ4n) is 1.94. The van der Waals surface area contributed by atoms with Crippen molar-refractivity contribution in [1.82, 2.24) is 0 Å². The molecule has 0 spiro atoms. The van der Waals surface area contributed by atoms with Crippen molar-refractivity contribution in [2.45, 2.75) is 51.2 Å². The van der Waals surface area contributed by atoms with E-state index >= 15 is 0 Å². The van der Waals surface area contributed by atoms with Crippen LogP contribution in [-0.4, -0.2) is 17.6 Å². The van der Waals surface area contributed by atoms with Gasteiger partial charge >= 0.3 is 0 Å². The summed E-state index contributed by atoms with van der Waals surface area (Å²) in [6, 6.07) is 0.291. The fourth-order valence-corrected chi connectivity index (χ4v) is 1.94. The van der Waals surface area contributed by atoms with Gasteiger partial charge in [-0.05, 0) is 25.2 Å². The molecule has 1 radical (unpaired) electrons. The van der Waals surface area contributed by atoms with Crippen LogP contribution in [0.3, 0.4) is 0 Å². The second-order valence-corrected chi connectivity index (χ2v) is 4.95. The van der Waals surface area contributed by atoms with Gasteiger partial charge in [0, 0.05) is 34.7 Å². The molecular weight excluding hydrogens is 214 g/mol. The molecule has 1 rings (SSSR count). The van der Waals surface area contributed by atoms with Crippen molar-refractivity contribution in [1.29, 1.82) is 0 Å². The number of rotatable bonds is 0. The Morgan fingerprint density at radius 3 is 2.00 bits per heavy atom. The summed E-state index contributed by atoms with van der Waals surface area (Å²) < 4.78 is 0. The monoisotopic (exact) mass is 234 g/mol. The molecule has 1 saturated carbocycles. The maximum atomic E-state index is 6.18. The zero-order valence-electron chi connectivity index (χ0n) is 8.60. The minimum atomic E-state index is -0.232. The van der Waals surface area contributed by atoms with Gasteiger partial charge in [0.2, 0.25) is 0 Å². The van der Waals surface area contributed by atoms with Crippen LogP contribution >= 0.6 is 0 Å². The van der Waals surface area contributed by atoms with Gasteiger partial charge in [0.1, 0.15) is 0 Å². The molecule has 13 heavy (non-hydrogen) atoms. The Morgan fingerprint density at radius 2 is 1.62 bits per heavy atom. The van der Waals surface area contributed by atoms with Gasteiger partial charge in [-0.2, -0.15) is 0 Å². The van der Waals surface area contributed by atoms with Crippen molar-refractivity contribution < 1.29 is 17.1 Å². The molecule has 3 unspecified atom stereocenters. The van der Waals surface area contributed by atoms with Crippen molar-refractivity contribution in [2.24, 2.45) is 22.6 Å². The topological polar surface area (TPSA) is 78.1 Å². The molecule has 0 bridgehead atoms. The minimum Gasteiger partial charge on any atom is -0.328 e. The average Bonchev–Trinajstić information content (AvgIpc) is 1.82. The van der Waals surface area contributed by atoms with Crippen LogP contribution in [0.15, 0.2) is 0 Å². The summed E-state index contributed by atoms with van der Waals surface area (Å²) in [6.45, 7) is 6.30. The summed E-state index contributed by atoms with van der Waals surface area (Å²) in [6.07, 6.45) is 1.76. The van der Waals surface area contributed by atoms with Crippen LogP contribution in [0.4, 0.5) is 0 Å². The van der Waals surface area contributed by atoms with E-state index in [0.29, 0.717) is 0 Å². The second-order valence-electron chi connectivity index (χ2n) is 4.95. The van der Waals surface area contributed by atoms with Crippen LogP contribution < -0.4 is 17.2 Å². The van der Waals surface area contributed by atoms with Crippen LogP contribution in [0.25, 0.3) is 0 Å². The summed E-state index contributed by atoms with van der Waals surface area (Å²) in [5.41, 5.74) is 17.8. The predicted octanol–water partition coefficient (Wildman–Crippen LogP) is 0.176. The summed E-state index contributed by atoms with van der Waals surface area (Å²) >= 11 is 0. The molecule has 0 amide bonds. The molecule has 0 aromatic carbocycles. The van der Waals surface area contributed by atoms with E-state index in [4.69, 9.17) is 17.2 Å². The molecule has 3 atom stereocenters. The standard InChI is InChI=1S/C9H21N3.Cu/c1-8(2)7(11)4-6(10)5-9(8,3)12;/h6-7H,4-5,10-12H2,1-3H3;. The maximum Gasteiger partial charge on any atom is 0.0207 e. The Kier molecular flexibility index (Phi) is 3.99. The van der Waals surface area contributed by atoms with Gasteiger partial charge in [-0.15, -0.1) is 0 Å². The quantitative estimate of drug-likeness (QED) is 0.523. The molecule has 0 aromatic rings. The molecule has 83 valence electrons. The Bertz CT molecular complexity index is 180. The molecule has 1 fully saturated rings. The Labute approximate surface area is 91.3 Å². The van der Waals surface area contributed by atoms with Crippen molar-refractivity contribution in [3.8, 4) is 0 Å². The van der Waals surface area contributed by atoms with Gasteiger partial charge in [0.25, 0.3) is 0 Å². The van der Waals surface area contributed by atoms with Crippen molar-refractivity contribution in [3.63, 3.8) is 0 Å². The molecule has 1 aliphatic carbocycles. The SMILES string of the molecule is CC1(N)CC(N)CC(N)C1(C)C.[Cu]. The summed E-state index contributed by atoms with van der Waals surface area (Å²) in [7, 11) is 0. The second kappa shape index (κ2) is 3.87. The summed E-state index contributed by atoms with van der Waals surface area (Å²) in [5, 5.41) is 0. The molecule has 0 heterocycles. The largest absolute Gasteiger partial charge is 0.328 e. The van der Waals surface area contributed by atoms with E-state index in [1.165, 1.54) is 0 Å². The first kappa shape index (κ1) is 13.4. The van der Waals surface area contributed by atoms with Crippen LogP contribution in [0.1, 0.15) is 33.6 Å². The van der Waals surface area contributed by atoms with E-state index in [1.54, 1.807) is 0 Å². The van der Waals surface area contributed by atoms with Crippen LogP contribution in [0.2, 0.25) is 0 Å². The van der Waals surface area contributed by atoms with E-state index < -0.39 is 0 Å². The molecule has 0 aromatic heterocycles. The summed E-state index contributed by atoms with van der Waals surface area (Å²) in [5.74, 6) is 0. The third-order valence-corrected chi connectivity index (χ3v) is 3.64. The molecule has 1 aliphatic rings. The third-order valence-electron chi connectivity index (χ3n) is 3.64. The zero-order chi connectivity index (χ0) is 9.57. The van der Waals surface area contributed by atoms with Crippen LogP contribution in [-0.2, 0) is 17.1 Å². The predicted molar refractivity (Wildman–Crippen MR) is 51.6 cm³/mol. The van der Waals surface area contributed by atoms with Crippen molar-refractivity contribution >= 4 is 0 Å². The number of nitrogens with two attached hydrogens (primary N) is 3. The van der Waals surface area contributed by atoms with E-state index in [2.05, 4.69) is 13.8 Å². The van der Waals surface area contributed by atoms with Crippen molar-refractivity contribution in [2.75, 3.05) is 0 Å². The van der Waals surface area contributed by atoms with Gasteiger partial charge in [0.15, 0.2) is 0 Å². The van der Waals surface area contributed by atoms with Crippen molar-refractivity contribution in [3.05, 3.63) is 0 Å². The van der Waals surface area contributed by atoms with Crippen LogP contribution in [0.5, 0.6) is 0 Å². The van der Waals surface area contributed by atoms with Gasteiger partial charge < -0.3 is 17.2 Å². The normalized spacial score (nSPS) is 43.8. The zero-order valence-corrected chi connectivity index (χ0v) is 9.54. The molecule has 0 aliphatic heterocycles. The van der Waals surface area contributed by atoms with Crippen LogP contribution in [0, 0.1) is 5.41 Å². The Morgan fingerprint density at radius 1 is 1.15 bits per heavy atom. The van der Waals surface area contributed by atoms with E-state index in [0.717, 1.165) is 12.8 Å². The van der Waals surface area contributed by atoms with Gasteiger partial charge in [-0.1, -0.05) is 13.8 Å². The number of hydrogen-bond donors (Lipinski definition) is 3. The smallest absolute Gasteiger partial charge is 0.0207 e. The van der Waals surface area contributed by atoms with E-state index in [-0.39, 0.29) is 40.1 Å². The summed E-state index contributed by atoms with van der Waals surface area (Å²) in [4.78, 5) is 0. The first-order valence-electron chi connectivity index (χ1n) is 4.57. The maximum absolute atomic E-state index is 6.18. The van der Waals surface area contributed by atoms with Gasteiger partial charge in [-0.25, -0.2) is 0 Å². The Balaban J connectivity index is 0.00000144. The molecule has 4 heteroatoms. The molecule has 6 N–H and O–H groups in total. The van der Waals surface area contributed by atoms with E-state index in [9.17, 15) is 0 Å². The third kappa shape index (κ3) is 2.25. The molecule has 3 nitrogen and oxygen atoms in total. The average molecular weight is 235 g/mol. The number of hydrogen-bond acceptors (Lipinski definition) is 3. The van der Waals surface area contributed by atoms with Gasteiger partial charge in [-0.3, -0.25) is 0 Å². The fraction of sp³-hybridized carbons (Fsp3) is 1.00.